The number of nitrogens with one attached hydrogen (secondary N) is 1. The van der Waals surface area contributed by atoms with Gasteiger partial charge in [0, 0.05) is 11.6 Å². The predicted molar refractivity (Wildman–Crippen MR) is 79.4 cm³/mol. The summed E-state index contributed by atoms with van der Waals surface area (Å²) < 4.78 is 82.6. The maximum absolute atomic E-state index is 14.0. The molecule has 0 aromatic heterocycles. The Hall–Kier alpha value is -2.62. The second-order valence-electron chi connectivity index (χ2n) is 4.99. The van der Waals surface area contributed by atoms with Crippen molar-refractivity contribution in [1.82, 2.24) is 4.72 Å². The van der Waals surface area contributed by atoms with Crippen molar-refractivity contribution in [3.63, 3.8) is 0 Å². The fraction of sp³-hybridized carbons (Fsp3) is 0.133. The molecule has 0 spiro atoms. The molecule has 2 aromatic rings. The topological polar surface area (TPSA) is 72.5 Å². The van der Waals surface area contributed by atoms with E-state index in [1.54, 1.807) is 0 Å². The second-order valence-corrected chi connectivity index (χ2v) is 6.74. The largest absolute Gasteiger partial charge is 0.486 e. The van der Waals surface area contributed by atoms with Crippen LogP contribution in [0.5, 0.6) is 5.75 Å². The van der Waals surface area contributed by atoms with E-state index in [1.165, 1.54) is 4.72 Å². The predicted octanol–water partition coefficient (Wildman–Crippen LogP) is 2.51. The number of halogens is 4. The molecule has 25 heavy (non-hydrogen) atoms. The summed E-state index contributed by atoms with van der Waals surface area (Å²) in [5.74, 6) is -5.82. The number of hydrogen-bond donors (Lipinski definition) is 1. The molecule has 0 aliphatic carbocycles. The van der Waals surface area contributed by atoms with Crippen molar-refractivity contribution in [1.29, 1.82) is 0 Å². The first-order valence-corrected chi connectivity index (χ1v) is 8.54. The van der Waals surface area contributed by atoms with Gasteiger partial charge in [-0.2, -0.15) is 0 Å². The van der Waals surface area contributed by atoms with Crippen LogP contribution in [0.1, 0.15) is 15.9 Å². The third-order valence-corrected chi connectivity index (χ3v) is 3.49. The molecule has 0 atom stereocenters. The first-order chi connectivity index (χ1) is 11.6. The van der Waals surface area contributed by atoms with E-state index in [0.717, 1.165) is 18.2 Å². The minimum atomic E-state index is -3.96. The van der Waals surface area contributed by atoms with Gasteiger partial charge in [-0.15, -0.1) is 0 Å². The summed E-state index contributed by atoms with van der Waals surface area (Å²) in [5, 5.41) is 0. The van der Waals surface area contributed by atoms with E-state index < -0.39 is 57.1 Å². The summed E-state index contributed by atoms with van der Waals surface area (Å²) in [6, 6.07) is 3.48. The average Bonchev–Trinajstić information content (AvgIpc) is 2.49. The van der Waals surface area contributed by atoms with E-state index in [9.17, 15) is 30.8 Å². The third-order valence-electron chi connectivity index (χ3n) is 2.94. The second kappa shape index (κ2) is 7.09. The normalized spacial score (nSPS) is 11.2. The Bertz CT molecular complexity index is 931. The standard InChI is InChI=1S/C15H11F4NO4S/c1-25(22,23)20-15(21)10-6-12(18)8(4-13(10)19)7-24-14-5-9(16)2-3-11(14)17/h2-6H,7H2,1H3,(H,20,21). The van der Waals surface area contributed by atoms with Gasteiger partial charge in [0.25, 0.3) is 5.91 Å². The molecule has 0 aliphatic rings. The smallest absolute Gasteiger partial charge is 0.267 e. The van der Waals surface area contributed by atoms with E-state index in [-0.39, 0.29) is 5.56 Å². The first kappa shape index (κ1) is 18.7. The van der Waals surface area contributed by atoms with Gasteiger partial charge in [0.1, 0.15) is 24.1 Å². The quantitative estimate of drug-likeness (QED) is 0.813. The Morgan fingerprint density at radius 1 is 1.04 bits per heavy atom. The maximum atomic E-state index is 14.0. The van der Waals surface area contributed by atoms with E-state index >= 15 is 0 Å². The van der Waals surface area contributed by atoms with Gasteiger partial charge >= 0.3 is 0 Å². The van der Waals surface area contributed by atoms with Gasteiger partial charge < -0.3 is 4.74 Å². The fourth-order valence-corrected chi connectivity index (χ4v) is 2.29. The van der Waals surface area contributed by atoms with Crippen LogP contribution in [0.2, 0.25) is 0 Å². The zero-order valence-corrected chi connectivity index (χ0v) is 13.5. The summed E-state index contributed by atoms with van der Waals surface area (Å²) in [5.41, 5.74) is -1.21. The van der Waals surface area contributed by atoms with Crippen molar-refractivity contribution in [2.45, 2.75) is 6.61 Å². The Labute approximate surface area is 140 Å². The van der Waals surface area contributed by atoms with Crippen molar-refractivity contribution in [3.05, 3.63) is 64.7 Å². The van der Waals surface area contributed by atoms with Gasteiger partial charge in [0.15, 0.2) is 11.6 Å². The number of benzene rings is 2. The minimum Gasteiger partial charge on any atom is -0.486 e. The number of hydrogen-bond acceptors (Lipinski definition) is 4. The van der Waals surface area contributed by atoms with Crippen LogP contribution in [-0.2, 0) is 16.6 Å². The van der Waals surface area contributed by atoms with E-state index in [2.05, 4.69) is 0 Å². The minimum absolute atomic E-state index is 0.378. The number of carbonyl (C=O) groups excluding carboxylic acids is 1. The lowest BCUT2D eigenvalue weighted by atomic mass is 10.1. The van der Waals surface area contributed by atoms with Gasteiger partial charge in [-0.05, 0) is 24.3 Å². The zero-order valence-electron chi connectivity index (χ0n) is 12.6. The number of sulfonamides is 1. The molecular formula is C15H11F4NO4S. The number of ether oxygens (including phenoxy) is 1. The van der Waals surface area contributed by atoms with Crippen molar-refractivity contribution >= 4 is 15.9 Å². The number of amides is 1. The summed E-state index contributed by atoms with van der Waals surface area (Å²) in [4.78, 5) is 11.6. The molecule has 0 aliphatic heterocycles. The maximum Gasteiger partial charge on any atom is 0.267 e. The fourth-order valence-electron chi connectivity index (χ4n) is 1.84. The van der Waals surface area contributed by atoms with Gasteiger partial charge in [0.2, 0.25) is 10.0 Å². The molecule has 0 bridgehead atoms. The molecule has 5 nitrogen and oxygen atoms in total. The highest BCUT2D eigenvalue weighted by Crippen LogP contribution is 2.21. The highest BCUT2D eigenvalue weighted by Gasteiger charge is 2.19. The zero-order chi connectivity index (χ0) is 18.8. The van der Waals surface area contributed by atoms with Crippen LogP contribution in [0.3, 0.4) is 0 Å². The van der Waals surface area contributed by atoms with Crippen LogP contribution in [0.15, 0.2) is 30.3 Å². The molecule has 0 heterocycles. The Balaban J connectivity index is 2.22. The Kier molecular flexibility index (Phi) is 5.31. The highest BCUT2D eigenvalue weighted by molar-refractivity contribution is 7.89. The lowest BCUT2D eigenvalue weighted by molar-refractivity contribution is 0.0977. The Morgan fingerprint density at radius 3 is 2.36 bits per heavy atom. The molecule has 0 unspecified atom stereocenters. The third kappa shape index (κ3) is 4.92. The van der Waals surface area contributed by atoms with Crippen LogP contribution in [0.4, 0.5) is 17.6 Å². The van der Waals surface area contributed by atoms with Crippen molar-refractivity contribution in [3.8, 4) is 5.75 Å². The van der Waals surface area contributed by atoms with Crippen LogP contribution in [0, 0.1) is 23.3 Å². The van der Waals surface area contributed by atoms with Crippen molar-refractivity contribution in [2.75, 3.05) is 6.26 Å². The van der Waals surface area contributed by atoms with Gasteiger partial charge in [-0.1, -0.05) is 0 Å². The average molecular weight is 377 g/mol. The molecule has 0 fully saturated rings. The van der Waals surface area contributed by atoms with E-state index in [4.69, 9.17) is 4.74 Å². The highest BCUT2D eigenvalue weighted by atomic mass is 32.2. The molecule has 1 amide bonds. The molecule has 0 saturated carbocycles. The first-order valence-electron chi connectivity index (χ1n) is 6.64. The van der Waals surface area contributed by atoms with Gasteiger partial charge in [-0.3, -0.25) is 4.79 Å². The lowest BCUT2D eigenvalue weighted by Crippen LogP contribution is -2.30. The molecule has 0 radical (unpaired) electrons. The van der Waals surface area contributed by atoms with Crippen LogP contribution in [0.25, 0.3) is 0 Å². The van der Waals surface area contributed by atoms with E-state index in [0.29, 0.717) is 18.4 Å². The van der Waals surface area contributed by atoms with Crippen molar-refractivity contribution < 1.29 is 35.5 Å². The number of rotatable bonds is 5. The monoisotopic (exact) mass is 377 g/mol. The summed E-state index contributed by atoms with van der Waals surface area (Å²) in [7, 11) is -3.96. The summed E-state index contributed by atoms with van der Waals surface area (Å²) in [6.45, 7) is -0.642. The van der Waals surface area contributed by atoms with Gasteiger partial charge in [-0.25, -0.2) is 30.7 Å². The molecule has 134 valence electrons. The van der Waals surface area contributed by atoms with E-state index in [1.807, 2.05) is 0 Å². The Morgan fingerprint density at radius 2 is 1.72 bits per heavy atom. The summed E-state index contributed by atoms with van der Waals surface area (Å²) in [6.07, 6.45) is 0.676. The molecule has 2 aromatic carbocycles. The molecule has 1 N–H and O–H groups in total. The van der Waals surface area contributed by atoms with Gasteiger partial charge in [0.05, 0.1) is 11.8 Å². The SMILES string of the molecule is CS(=O)(=O)NC(=O)c1cc(F)c(COc2cc(F)ccc2F)cc1F. The van der Waals surface area contributed by atoms with Crippen LogP contribution in [-0.4, -0.2) is 20.6 Å². The molecule has 2 rings (SSSR count). The van der Waals surface area contributed by atoms with Crippen LogP contribution >= 0.6 is 0 Å². The molecule has 0 saturated heterocycles. The number of carbonyl (C=O) groups is 1. The summed E-state index contributed by atoms with van der Waals surface area (Å²) >= 11 is 0. The van der Waals surface area contributed by atoms with Crippen LogP contribution < -0.4 is 9.46 Å². The lowest BCUT2D eigenvalue weighted by Gasteiger charge is -2.10. The van der Waals surface area contributed by atoms with Crippen molar-refractivity contribution in [2.24, 2.45) is 0 Å². The molecule has 10 heteroatoms. The molecular weight excluding hydrogens is 366 g/mol.